The third-order valence-electron chi connectivity index (χ3n) is 5.57. The van der Waals surface area contributed by atoms with Gasteiger partial charge >= 0.3 is 0 Å². The van der Waals surface area contributed by atoms with Crippen LogP contribution in [0.5, 0.6) is 5.75 Å². The highest BCUT2D eigenvalue weighted by Crippen LogP contribution is 2.27. The number of ether oxygens (including phenoxy) is 1. The van der Waals surface area contributed by atoms with Gasteiger partial charge in [-0.25, -0.2) is 0 Å². The minimum atomic E-state index is -0.348. The first-order chi connectivity index (χ1) is 14.0. The number of aryl methyl sites for hydroxylation is 2. The van der Waals surface area contributed by atoms with Crippen molar-refractivity contribution in [2.75, 3.05) is 19.7 Å². The summed E-state index contributed by atoms with van der Waals surface area (Å²) < 4.78 is 7.06. The molecule has 0 atom stereocenters. The van der Waals surface area contributed by atoms with Crippen LogP contribution in [0.25, 0.3) is 0 Å². The van der Waals surface area contributed by atoms with Crippen LogP contribution in [-0.4, -0.2) is 41.0 Å². The standard InChI is InChI=1S/C22H25N3O4/c1-3-23-20(26)19-17-8-9-25(13-16(17)12-24(2)22(19)28)21(27)15-6-7-18-14(11-15)5-4-10-29-18/h6-7,11-12H,3-5,8-10,13H2,1-2H3,(H,23,26). The minimum Gasteiger partial charge on any atom is -0.493 e. The fraction of sp³-hybridized carbons (Fsp3) is 0.409. The van der Waals surface area contributed by atoms with Crippen molar-refractivity contribution in [2.45, 2.75) is 32.7 Å². The molecule has 2 aliphatic heterocycles. The number of aromatic nitrogens is 1. The minimum absolute atomic E-state index is 0.0440. The molecule has 0 spiro atoms. The van der Waals surface area contributed by atoms with Gasteiger partial charge in [-0.05, 0) is 61.1 Å². The third-order valence-corrected chi connectivity index (χ3v) is 5.57. The van der Waals surface area contributed by atoms with Crippen molar-refractivity contribution in [1.29, 1.82) is 0 Å². The molecule has 4 rings (SSSR count). The summed E-state index contributed by atoms with van der Waals surface area (Å²) in [4.78, 5) is 39.9. The molecule has 29 heavy (non-hydrogen) atoms. The second-order valence-electron chi connectivity index (χ2n) is 7.53. The molecule has 2 aromatic rings. The molecule has 7 nitrogen and oxygen atoms in total. The van der Waals surface area contributed by atoms with Crippen LogP contribution in [0.4, 0.5) is 0 Å². The van der Waals surface area contributed by atoms with Gasteiger partial charge in [-0.3, -0.25) is 14.4 Å². The van der Waals surface area contributed by atoms with E-state index in [1.54, 1.807) is 18.1 Å². The van der Waals surface area contributed by atoms with Crippen molar-refractivity contribution in [3.8, 4) is 5.75 Å². The van der Waals surface area contributed by atoms with Crippen molar-refractivity contribution in [1.82, 2.24) is 14.8 Å². The molecule has 0 saturated carbocycles. The molecule has 1 aromatic heterocycles. The Morgan fingerprint density at radius 1 is 1.21 bits per heavy atom. The van der Waals surface area contributed by atoms with Crippen LogP contribution in [0.2, 0.25) is 0 Å². The van der Waals surface area contributed by atoms with E-state index in [2.05, 4.69) is 5.32 Å². The Kier molecular flexibility index (Phi) is 5.13. The number of carbonyl (C=O) groups is 2. The molecule has 0 bridgehead atoms. The number of hydrogen-bond acceptors (Lipinski definition) is 4. The van der Waals surface area contributed by atoms with Gasteiger partial charge in [0.15, 0.2) is 0 Å². The maximum absolute atomic E-state index is 13.1. The normalized spacial score (nSPS) is 15.2. The summed E-state index contributed by atoms with van der Waals surface area (Å²) in [5.41, 5.74) is 3.21. The summed E-state index contributed by atoms with van der Waals surface area (Å²) in [7, 11) is 1.63. The van der Waals surface area contributed by atoms with Gasteiger partial charge in [-0.15, -0.1) is 0 Å². The highest BCUT2D eigenvalue weighted by Gasteiger charge is 2.28. The SMILES string of the molecule is CCNC(=O)c1c2c(cn(C)c1=O)CN(C(=O)c1ccc3c(c1)CCCO3)CC2. The van der Waals surface area contributed by atoms with Crippen LogP contribution >= 0.6 is 0 Å². The average Bonchev–Trinajstić information content (AvgIpc) is 2.73. The number of fused-ring (bicyclic) bond motifs is 2. The highest BCUT2D eigenvalue weighted by molar-refractivity contribution is 5.97. The van der Waals surface area contributed by atoms with E-state index in [-0.39, 0.29) is 22.9 Å². The maximum atomic E-state index is 13.1. The number of amides is 2. The fourth-order valence-corrected chi connectivity index (χ4v) is 4.12. The summed E-state index contributed by atoms with van der Waals surface area (Å²) in [5, 5.41) is 2.72. The quantitative estimate of drug-likeness (QED) is 0.857. The molecule has 2 aliphatic rings. The Morgan fingerprint density at radius 3 is 2.83 bits per heavy atom. The van der Waals surface area contributed by atoms with E-state index in [0.717, 1.165) is 41.9 Å². The van der Waals surface area contributed by atoms with Crippen LogP contribution in [-0.2, 0) is 26.4 Å². The second kappa shape index (κ2) is 7.73. The molecule has 1 N–H and O–H groups in total. The fourth-order valence-electron chi connectivity index (χ4n) is 4.12. The lowest BCUT2D eigenvalue weighted by Gasteiger charge is -2.30. The zero-order valence-electron chi connectivity index (χ0n) is 16.8. The summed E-state index contributed by atoms with van der Waals surface area (Å²) in [6.45, 7) is 3.84. The lowest BCUT2D eigenvalue weighted by atomic mass is 9.95. The Morgan fingerprint density at radius 2 is 2.03 bits per heavy atom. The first-order valence-corrected chi connectivity index (χ1v) is 10.0. The number of pyridine rings is 1. The van der Waals surface area contributed by atoms with E-state index in [1.165, 1.54) is 4.57 Å². The molecule has 0 unspecified atom stereocenters. The second-order valence-corrected chi connectivity index (χ2v) is 7.53. The molecule has 0 aliphatic carbocycles. The van der Waals surface area contributed by atoms with E-state index in [4.69, 9.17) is 4.74 Å². The van der Waals surface area contributed by atoms with Crippen LogP contribution < -0.4 is 15.6 Å². The molecule has 0 saturated heterocycles. The Labute approximate surface area is 169 Å². The molecule has 0 radical (unpaired) electrons. The molecule has 2 amide bonds. The van der Waals surface area contributed by atoms with Crippen LogP contribution in [0, 0.1) is 0 Å². The topological polar surface area (TPSA) is 80.6 Å². The lowest BCUT2D eigenvalue weighted by Crippen LogP contribution is -2.41. The third kappa shape index (κ3) is 3.52. The molecule has 7 heteroatoms. The van der Waals surface area contributed by atoms with Crippen LogP contribution in [0.1, 0.15) is 50.8 Å². The van der Waals surface area contributed by atoms with Gasteiger partial charge < -0.3 is 19.5 Å². The van der Waals surface area contributed by atoms with Crippen molar-refractivity contribution in [2.24, 2.45) is 7.05 Å². The zero-order chi connectivity index (χ0) is 20.5. The lowest BCUT2D eigenvalue weighted by molar-refractivity contribution is 0.0733. The average molecular weight is 395 g/mol. The van der Waals surface area contributed by atoms with Gasteiger partial charge in [0.2, 0.25) is 0 Å². The Balaban J connectivity index is 1.63. The number of nitrogens with zero attached hydrogens (tertiary/aromatic N) is 2. The van der Waals surface area contributed by atoms with Gasteiger partial charge in [0.05, 0.1) is 6.61 Å². The number of benzene rings is 1. The predicted octanol–water partition coefficient (Wildman–Crippen LogP) is 1.66. The highest BCUT2D eigenvalue weighted by atomic mass is 16.5. The Bertz CT molecular complexity index is 1040. The van der Waals surface area contributed by atoms with E-state index >= 15 is 0 Å². The monoisotopic (exact) mass is 395 g/mol. The molecular formula is C22H25N3O4. The number of carbonyl (C=O) groups excluding carboxylic acids is 2. The smallest absolute Gasteiger partial charge is 0.263 e. The van der Waals surface area contributed by atoms with Gasteiger partial charge in [-0.2, -0.15) is 0 Å². The number of hydrogen-bond donors (Lipinski definition) is 1. The number of rotatable bonds is 3. The molecule has 0 fully saturated rings. The maximum Gasteiger partial charge on any atom is 0.263 e. The summed E-state index contributed by atoms with van der Waals surface area (Å²) >= 11 is 0. The van der Waals surface area contributed by atoms with Gasteiger partial charge in [0.25, 0.3) is 17.4 Å². The van der Waals surface area contributed by atoms with E-state index in [9.17, 15) is 14.4 Å². The zero-order valence-corrected chi connectivity index (χ0v) is 16.8. The van der Waals surface area contributed by atoms with Crippen molar-refractivity contribution < 1.29 is 14.3 Å². The van der Waals surface area contributed by atoms with Gasteiger partial charge in [0, 0.05) is 38.4 Å². The predicted molar refractivity (Wildman–Crippen MR) is 108 cm³/mol. The first kappa shape index (κ1) is 19.2. The van der Waals surface area contributed by atoms with Crippen LogP contribution in [0.3, 0.4) is 0 Å². The van der Waals surface area contributed by atoms with E-state index in [1.807, 2.05) is 25.1 Å². The van der Waals surface area contributed by atoms with Crippen molar-refractivity contribution >= 4 is 11.8 Å². The summed E-state index contributed by atoms with van der Waals surface area (Å²) in [6, 6.07) is 5.60. The molecule has 3 heterocycles. The summed E-state index contributed by atoms with van der Waals surface area (Å²) in [6.07, 6.45) is 4.09. The largest absolute Gasteiger partial charge is 0.493 e. The van der Waals surface area contributed by atoms with Gasteiger partial charge in [0.1, 0.15) is 11.3 Å². The number of nitrogens with one attached hydrogen (secondary N) is 1. The first-order valence-electron chi connectivity index (χ1n) is 10.0. The van der Waals surface area contributed by atoms with Gasteiger partial charge in [-0.1, -0.05) is 0 Å². The van der Waals surface area contributed by atoms with E-state index in [0.29, 0.717) is 31.6 Å². The summed E-state index contributed by atoms with van der Waals surface area (Å²) in [5.74, 6) is 0.468. The van der Waals surface area contributed by atoms with Crippen molar-refractivity contribution in [3.63, 3.8) is 0 Å². The van der Waals surface area contributed by atoms with Crippen LogP contribution in [0.15, 0.2) is 29.2 Å². The molecule has 152 valence electrons. The van der Waals surface area contributed by atoms with E-state index < -0.39 is 0 Å². The Hall–Kier alpha value is -3.09. The van der Waals surface area contributed by atoms with Crippen molar-refractivity contribution in [3.05, 3.63) is 62.6 Å². The molecular weight excluding hydrogens is 370 g/mol. The molecule has 1 aromatic carbocycles.